The molecule has 0 aromatic heterocycles. The van der Waals surface area contributed by atoms with Crippen LogP contribution in [0.1, 0.15) is 56.6 Å². The fraction of sp³-hybridized carbons (Fsp3) is 0.636. The van der Waals surface area contributed by atoms with Gasteiger partial charge in [0.25, 0.3) is 0 Å². The van der Waals surface area contributed by atoms with Crippen LogP contribution < -0.4 is 15.4 Å². The Balaban J connectivity index is 1.19. The number of para-hydroxylation sites is 1. The van der Waals surface area contributed by atoms with Crippen molar-refractivity contribution in [3.8, 4) is 5.75 Å². The first-order chi connectivity index (χ1) is 13.1. The van der Waals surface area contributed by atoms with Gasteiger partial charge < -0.3 is 15.4 Å². The molecule has 4 saturated carbocycles. The average molecular weight is 368 g/mol. The number of amides is 2. The van der Waals surface area contributed by atoms with E-state index in [1.54, 1.807) is 0 Å². The van der Waals surface area contributed by atoms with Gasteiger partial charge in [-0.15, -0.1) is 0 Å². The van der Waals surface area contributed by atoms with Gasteiger partial charge in [-0.3, -0.25) is 9.59 Å². The molecule has 1 aromatic carbocycles. The summed E-state index contributed by atoms with van der Waals surface area (Å²) in [5.74, 6) is 3.03. The summed E-state index contributed by atoms with van der Waals surface area (Å²) < 4.78 is 5.65. The van der Waals surface area contributed by atoms with Crippen LogP contribution >= 0.6 is 0 Å². The zero-order chi connectivity index (χ0) is 18.4. The molecule has 4 aliphatic carbocycles. The summed E-state index contributed by atoms with van der Waals surface area (Å²) in [6.07, 6.45) is 7.79. The molecule has 27 heavy (non-hydrogen) atoms. The lowest BCUT2D eigenvalue weighted by Gasteiger charge is -2.55. The van der Waals surface area contributed by atoms with Crippen molar-refractivity contribution in [1.82, 2.24) is 10.6 Å². The van der Waals surface area contributed by atoms with E-state index in [4.69, 9.17) is 4.74 Å². The molecule has 4 bridgehead atoms. The summed E-state index contributed by atoms with van der Waals surface area (Å²) in [6.45, 7) is 0.668. The maximum Gasteiger partial charge on any atom is 0.239 e. The van der Waals surface area contributed by atoms with Gasteiger partial charge >= 0.3 is 0 Å². The third-order valence-electron chi connectivity index (χ3n) is 7.22. The lowest BCUT2D eigenvalue weighted by atomic mass is 9.49. The standard InChI is InChI=1S/C22H28N2O3/c25-20(24-18-5-6-27-19-4-2-1-3-17(18)19)13-23-21(26)22-10-14-7-15(11-22)9-16(8-14)12-22/h1-4,14-16,18H,5-13H2,(H,23,26)(H,24,25). The number of rotatable bonds is 4. The third-order valence-corrected chi connectivity index (χ3v) is 7.22. The predicted octanol–water partition coefficient (Wildman–Crippen LogP) is 2.96. The molecule has 1 aliphatic heterocycles. The lowest BCUT2D eigenvalue weighted by molar-refractivity contribution is -0.147. The summed E-state index contributed by atoms with van der Waals surface area (Å²) in [5.41, 5.74) is 0.824. The number of hydrogen-bond acceptors (Lipinski definition) is 3. The van der Waals surface area contributed by atoms with E-state index in [2.05, 4.69) is 10.6 Å². The summed E-state index contributed by atoms with van der Waals surface area (Å²) in [7, 11) is 0. The molecule has 5 nitrogen and oxygen atoms in total. The molecule has 5 heteroatoms. The van der Waals surface area contributed by atoms with E-state index in [0.29, 0.717) is 6.61 Å². The lowest BCUT2D eigenvalue weighted by Crippen LogP contribution is -2.54. The minimum absolute atomic E-state index is 0.0427. The largest absolute Gasteiger partial charge is 0.493 e. The van der Waals surface area contributed by atoms with E-state index in [1.165, 1.54) is 19.3 Å². The number of benzene rings is 1. The molecule has 2 N–H and O–H groups in total. The summed E-state index contributed by atoms with van der Waals surface area (Å²) in [4.78, 5) is 25.5. The topological polar surface area (TPSA) is 67.4 Å². The molecule has 144 valence electrons. The molecule has 5 aliphatic rings. The number of ether oxygens (including phenoxy) is 1. The van der Waals surface area contributed by atoms with Crippen molar-refractivity contribution in [3.63, 3.8) is 0 Å². The van der Waals surface area contributed by atoms with Gasteiger partial charge in [-0.2, -0.15) is 0 Å². The number of hydrogen-bond donors (Lipinski definition) is 2. The third kappa shape index (κ3) is 3.11. The molecule has 2 amide bonds. The Morgan fingerprint density at radius 1 is 1.04 bits per heavy atom. The normalized spacial score (nSPS) is 35.9. The van der Waals surface area contributed by atoms with Crippen molar-refractivity contribution in [3.05, 3.63) is 29.8 Å². The molecule has 0 radical (unpaired) electrons. The van der Waals surface area contributed by atoms with Crippen molar-refractivity contribution in [2.24, 2.45) is 23.2 Å². The van der Waals surface area contributed by atoms with Gasteiger partial charge in [0.15, 0.2) is 0 Å². The van der Waals surface area contributed by atoms with Gasteiger partial charge in [0, 0.05) is 17.4 Å². The maximum atomic E-state index is 13.0. The maximum absolute atomic E-state index is 13.0. The van der Waals surface area contributed by atoms with E-state index in [0.717, 1.165) is 54.7 Å². The SMILES string of the molecule is O=C(CNC(=O)C12CC3CC(CC(C3)C1)C2)NC1CCOc2ccccc21. The van der Waals surface area contributed by atoms with Crippen molar-refractivity contribution < 1.29 is 14.3 Å². The Morgan fingerprint density at radius 3 is 2.41 bits per heavy atom. The van der Waals surface area contributed by atoms with E-state index in [-0.39, 0.29) is 29.8 Å². The predicted molar refractivity (Wildman–Crippen MR) is 101 cm³/mol. The second-order valence-electron chi connectivity index (χ2n) is 9.18. The summed E-state index contributed by atoms with van der Waals surface area (Å²) in [6, 6.07) is 7.78. The summed E-state index contributed by atoms with van der Waals surface area (Å²) >= 11 is 0. The van der Waals surface area contributed by atoms with Gasteiger partial charge in [-0.1, -0.05) is 18.2 Å². The zero-order valence-electron chi connectivity index (χ0n) is 15.7. The van der Waals surface area contributed by atoms with E-state index in [9.17, 15) is 9.59 Å². The van der Waals surface area contributed by atoms with Gasteiger partial charge in [0.05, 0.1) is 19.2 Å². The Bertz CT molecular complexity index is 724. The van der Waals surface area contributed by atoms with Gasteiger partial charge in [0.2, 0.25) is 11.8 Å². The molecule has 0 spiro atoms. The number of carbonyl (C=O) groups excluding carboxylic acids is 2. The Morgan fingerprint density at radius 2 is 1.70 bits per heavy atom. The van der Waals surface area contributed by atoms with E-state index < -0.39 is 0 Å². The van der Waals surface area contributed by atoms with Crippen LogP contribution in [0.5, 0.6) is 5.75 Å². The molecule has 6 rings (SSSR count). The smallest absolute Gasteiger partial charge is 0.239 e. The van der Waals surface area contributed by atoms with Crippen molar-refractivity contribution in [2.45, 2.75) is 51.0 Å². The van der Waals surface area contributed by atoms with Crippen LogP contribution in [-0.4, -0.2) is 25.0 Å². The first kappa shape index (κ1) is 17.1. The molecular formula is C22H28N2O3. The van der Waals surface area contributed by atoms with Gasteiger partial charge in [-0.25, -0.2) is 0 Å². The minimum Gasteiger partial charge on any atom is -0.493 e. The van der Waals surface area contributed by atoms with Crippen molar-refractivity contribution in [2.75, 3.05) is 13.2 Å². The van der Waals surface area contributed by atoms with Crippen LogP contribution in [-0.2, 0) is 9.59 Å². The van der Waals surface area contributed by atoms with Crippen molar-refractivity contribution >= 4 is 11.8 Å². The summed E-state index contributed by atoms with van der Waals surface area (Å²) in [5, 5.41) is 6.04. The highest BCUT2D eigenvalue weighted by Crippen LogP contribution is 2.60. The monoisotopic (exact) mass is 368 g/mol. The molecule has 1 unspecified atom stereocenters. The average Bonchev–Trinajstić information content (AvgIpc) is 2.65. The second kappa shape index (κ2) is 6.54. The van der Waals surface area contributed by atoms with Crippen LogP contribution in [0.25, 0.3) is 0 Å². The quantitative estimate of drug-likeness (QED) is 0.859. The highest BCUT2D eigenvalue weighted by Gasteiger charge is 2.54. The molecule has 0 saturated heterocycles. The first-order valence-corrected chi connectivity index (χ1v) is 10.4. The van der Waals surface area contributed by atoms with E-state index >= 15 is 0 Å². The fourth-order valence-electron chi connectivity index (χ4n) is 6.47. The number of carbonyl (C=O) groups is 2. The molecule has 1 atom stereocenters. The zero-order valence-corrected chi connectivity index (χ0v) is 15.7. The van der Waals surface area contributed by atoms with Crippen LogP contribution in [0.3, 0.4) is 0 Å². The second-order valence-corrected chi connectivity index (χ2v) is 9.18. The van der Waals surface area contributed by atoms with Crippen LogP contribution in [0.4, 0.5) is 0 Å². The fourth-order valence-corrected chi connectivity index (χ4v) is 6.47. The molecule has 1 heterocycles. The highest BCUT2D eigenvalue weighted by molar-refractivity contribution is 5.88. The van der Waals surface area contributed by atoms with E-state index in [1.807, 2.05) is 24.3 Å². The van der Waals surface area contributed by atoms with Crippen LogP contribution in [0.2, 0.25) is 0 Å². The van der Waals surface area contributed by atoms with Crippen LogP contribution in [0.15, 0.2) is 24.3 Å². The number of fused-ring (bicyclic) bond motifs is 1. The molecule has 4 fully saturated rings. The van der Waals surface area contributed by atoms with Crippen molar-refractivity contribution in [1.29, 1.82) is 0 Å². The molecular weight excluding hydrogens is 340 g/mol. The Hall–Kier alpha value is -2.04. The van der Waals surface area contributed by atoms with Gasteiger partial charge in [0.1, 0.15) is 5.75 Å². The van der Waals surface area contributed by atoms with Gasteiger partial charge in [-0.05, 0) is 62.3 Å². The Kier molecular flexibility index (Phi) is 4.14. The molecule has 1 aromatic rings. The minimum atomic E-state index is -0.194. The Labute approximate surface area is 160 Å². The first-order valence-electron chi connectivity index (χ1n) is 10.4. The number of nitrogens with one attached hydrogen (secondary N) is 2. The van der Waals surface area contributed by atoms with Crippen LogP contribution in [0, 0.1) is 23.2 Å². The highest BCUT2D eigenvalue weighted by atomic mass is 16.5.